The van der Waals surface area contributed by atoms with Gasteiger partial charge in [0.2, 0.25) is 11.5 Å². The van der Waals surface area contributed by atoms with Crippen LogP contribution >= 0.6 is 0 Å². The van der Waals surface area contributed by atoms with E-state index < -0.39 is 22.4 Å². The van der Waals surface area contributed by atoms with E-state index in [1.165, 1.54) is 14.2 Å². The summed E-state index contributed by atoms with van der Waals surface area (Å²) in [6.07, 6.45) is 1.16. The van der Waals surface area contributed by atoms with Crippen molar-refractivity contribution in [1.82, 2.24) is 0 Å². The molecule has 2 aromatic rings. The summed E-state index contributed by atoms with van der Waals surface area (Å²) in [5, 5.41) is 0. The first kappa shape index (κ1) is 30.5. The molecule has 0 aliphatic heterocycles. The van der Waals surface area contributed by atoms with E-state index in [0.29, 0.717) is 53.1 Å². The molecular formula is C28H40O8S. The van der Waals surface area contributed by atoms with Gasteiger partial charge in [0, 0.05) is 24.3 Å². The predicted octanol–water partition coefficient (Wildman–Crippen LogP) is 5.50. The third kappa shape index (κ3) is 8.12. The van der Waals surface area contributed by atoms with Crippen LogP contribution in [0.2, 0.25) is 0 Å². The number of benzene rings is 2. The van der Waals surface area contributed by atoms with E-state index in [1.807, 2.05) is 26.8 Å². The van der Waals surface area contributed by atoms with E-state index in [4.69, 9.17) is 28.4 Å². The minimum absolute atomic E-state index is 0.0976. The van der Waals surface area contributed by atoms with Crippen LogP contribution in [0.3, 0.4) is 0 Å². The minimum atomic E-state index is -3.47. The summed E-state index contributed by atoms with van der Waals surface area (Å²) >= 11 is 0. The highest BCUT2D eigenvalue weighted by atomic mass is 32.2. The highest BCUT2D eigenvalue weighted by molar-refractivity contribution is 7.91. The molecule has 37 heavy (non-hydrogen) atoms. The molecule has 0 bridgehead atoms. The highest BCUT2D eigenvalue weighted by Gasteiger charge is 2.28. The van der Waals surface area contributed by atoms with Crippen LogP contribution in [0.4, 0.5) is 0 Å². The van der Waals surface area contributed by atoms with E-state index >= 15 is 0 Å². The fourth-order valence-corrected chi connectivity index (χ4v) is 5.38. The van der Waals surface area contributed by atoms with Crippen LogP contribution in [0, 0.1) is 6.92 Å². The third-order valence-electron chi connectivity index (χ3n) is 5.64. The minimum Gasteiger partial charge on any atom is -0.490 e. The van der Waals surface area contributed by atoms with Gasteiger partial charge in [-0.25, -0.2) is 8.42 Å². The Bertz CT molecular complexity index is 1140. The number of methoxy groups -OCH3 is 2. The van der Waals surface area contributed by atoms with Crippen molar-refractivity contribution < 1.29 is 36.8 Å². The molecule has 2 atom stereocenters. The average molecular weight is 537 g/mol. The molecule has 0 fully saturated rings. The van der Waals surface area contributed by atoms with Crippen molar-refractivity contribution in [3.05, 3.63) is 53.1 Å². The van der Waals surface area contributed by atoms with Crippen LogP contribution in [-0.4, -0.2) is 54.2 Å². The Hall–Kier alpha value is -2.75. The van der Waals surface area contributed by atoms with Crippen molar-refractivity contribution in [2.24, 2.45) is 0 Å². The summed E-state index contributed by atoms with van der Waals surface area (Å²) in [6, 6.07) is 8.43. The van der Waals surface area contributed by atoms with Gasteiger partial charge in [-0.3, -0.25) is 0 Å². The SMILES string of the molecule is CCOC(C)Oc1c(C)c(CC=C(C)CS(=O)(=O)c2ccccc2)c(OC(C)OCC)c(OC)c1OC. The first-order valence-electron chi connectivity index (χ1n) is 12.4. The maximum atomic E-state index is 12.9. The largest absolute Gasteiger partial charge is 0.490 e. The van der Waals surface area contributed by atoms with E-state index in [-0.39, 0.29) is 5.75 Å². The van der Waals surface area contributed by atoms with Gasteiger partial charge in [-0.1, -0.05) is 29.8 Å². The molecule has 0 spiro atoms. The van der Waals surface area contributed by atoms with Crippen LogP contribution in [0.15, 0.2) is 46.9 Å². The third-order valence-corrected chi connectivity index (χ3v) is 7.47. The summed E-state index contributed by atoms with van der Waals surface area (Å²) in [6.45, 7) is 12.0. The quantitative estimate of drug-likeness (QED) is 0.218. The van der Waals surface area contributed by atoms with Crippen LogP contribution in [0.5, 0.6) is 23.0 Å². The van der Waals surface area contributed by atoms with Gasteiger partial charge in [0.1, 0.15) is 0 Å². The molecule has 0 aliphatic rings. The van der Waals surface area contributed by atoms with Crippen molar-refractivity contribution in [2.45, 2.75) is 65.4 Å². The van der Waals surface area contributed by atoms with Crippen molar-refractivity contribution >= 4 is 9.84 Å². The molecule has 0 saturated carbocycles. The van der Waals surface area contributed by atoms with Gasteiger partial charge in [0.25, 0.3) is 0 Å². The number of rotatable bonds is 15. The van der Waals surface area contributed by atoms with Crippen molar-refractivity contribution in [2.75, 3.05) is 33.2 Å². The Kier molecular flexibility index (Phi) is 11.7. The molecular weight excluding hydrogens is 496 g/mol. The fraction of sp³-hybridized carbons (Fsp3) is 0.500. The zero-order chi connectivity index (χ0) is 27.6. The molecule has 0 heterocycles. The number of hydrogen-bond donors (Lipinski definition) is 0. The summed E-state index contributed by atoms with van der Waals surface area (Å²) in [4.78, 5) is 0.292. The molecule has 2 unspecified atom stereocenters. The van der Waals surface area contributed by atoms with Gasteiger partial charge in [-0.2, -0.15) is 0 Å². The lowest BCUT2D eigenvalue weighted by molar-refractivity contribution is -0.0659. The molecule has 0 radical (unpaired) electrons. The van der Waals surface area contributed by atoms with Crippen molar-refractivity contribution in [3.63, 3.8) is 0 Å². The van der Waals surface area contributed by atoms with Gasteiger partial charge < -0.3 is 28.4 Å². The first-order valence-corrected chi connectivity index (χ1v) is 14.0. The molecule has 0 N–H and O–H groups in total. The van der Waals surface area contributed by atoms with E-state index in [9.17, 15) is 8.42 Å². The molecule has 0 aliphatic carbocycles. The molecule has 0 aromatic heterocycles. The Morgan fingerprint density at radius 3 is 1.89 bits per heavy atom. The molecule has 9 heteroatoms. The van der Waals surface area contributed by atoms with Gasteiger partial charge >= 0.3 is 0 Å². The lowest BCUT2D eigenvalue weighted by atomic mass is 10.00. The second-order valence-corrected chi connectivity index (χ2v) is 10.4. The van der Waals surface area contributed by atoms with Gasteiger partial charge in [-0.05, 0) is 60.1 Å². The van der Waals surface area contributed by atoms with Crippen LogP contribution in [0.1, 0.15) is 45.7 Å². The average Bonchev–Trinajstić information content (AvgIpc) is 2.85. The monoisotopic (exact) mass is 536 g/mol. The smallest absolute Gasteiger partial charge is 0.207 e. The van der Waals surface area contributed by atoms with Crippen LogP contribution in [0.25, 0.3) is 0 Å². The molecule has 8 nitrogen and oxygen atoms in total. The second-order valence-electron chi connectivity index (χ2n) is 8.44. The molecule has 0 saturated heterocycles. The van der Waals surface area contributed by atoms with Gasteiger partial charge in [0.15, 0.2) is 33.9 Å². The van der Waals surface area contributed by atoms with Crippen molar-refractivity contribution in [1.29, 1.82) is 0 Å². The molecule has 2 aromatic carbocycles. The molecule has 0 amide bonds. The Morgan fingerprint density at radius 2 is 1.38 bits per heavy atom. The summed E-state index contributed by atoms with van der Waals surface area (Å²) < 4.78 is 60.7. The molecule has 206 valence electrons. The molecule has 2 rings (SSSR count). The normalized spacial score (nSPS) is 13.7. The zero-order valence-corrected chi connectivity index (χ0v) is 23.9. The standard InChI is InChI=1S/C28H40O8S/c1-9-33-21(5)35-25-20(4)24(26(36-22(6)34-10-2)28(32-8)27(25)31-7)17-16-19(3)18-37(29,30)23-14-12-11-13-15-23/h11-16,21-22H,9-10,17-18H2,1-8H3. The first-order chi connectivity index (χ1) is 17.6. The highest BCUT2D eigenvalue weighted by Crippen LogP contribution is 2.50. The lowest BCUT2D eigenvalue weighted by Gasteiger charge is -2.26. The number of hydrogen-bond acceptors (Lipinski definition) is 8. The summed E-state index contributed by atoms with van der Waals surface area (Å²) in [5.41, 5.74) is 2.23. The van der Waals surface area contributed by atoms with Crippen molar-refractivity contribution in [3.8, 4) is 23.0 Å². The Morgan fingerprint density at radius 1 is 0.865 bits per heavy atom. The van der Waals surface area contributed by atoms with E-state index in [2.05, 4.69) is 0 Å². The van der Waals surface area contributed by atoms with Gasteiger partial charge in [0.05, 0.1) is 24.9 Å². The van der Waals surface area contributed by atoms with Crippen LogP contribution in [-0.2, 0) is 25.7 Å². The predicted molar refractivity (Wildman–Crippen MR) is 144 cm³/mol. The maximum Gasteiger partial charge on any atom is 0.207 e. The second kappa shape index (κ2) is 14.3. The van der Waals surface area contributed by atoms with E-state index in [0.717, 1.165) is 11.1 Å². The fourth-order valence-electron chi connectivity index (χ4n) is 3.92. The number of sulfone groups is 1. The van der Waals surface area contributed by atoms with Crippen LogP contribution < -0.4 is 18.9 Å². The number of ether oxygens (including phenoxy) is 6. The van der Waals surface area contributed by atoms with E-state index in [1.54, 1.807) is 51.1 Å². The zero-order valence-electron chi connectivity index (χ0n) is 23.1. The topological polar surface area (TPSA) is 89.5 Å². The Labute approximate surface area is 221 Å². The van der Waals surface area contributed by atoms with Gasteiger partial charge in [-0.15, -0.1) is 0 Å². The maximum absolute atomic E-state index is 12.9. The summed E-state index contributed by atoms with van der Waals surface area (Å²) in [5.74, 6) is 1.55. The number of allylic oxidation sites excluding steroid dienone is 1. The Balaban J connectivity index is 2.56. The lowest BCUT2D eigenvalue weighted by Crippen LogP contribution is -2.20. The summed E-state index contributed by atoms with van der Waals surface area (Å²) in [7, 11) is -0.412.